The summed E-state index contributed by atoms with van der Waals surface area (Å²) in [6, 6.07) is 0.0329. The number of hydrogen-bond acceptors (Lipinski definition) is 5. The largest absolute Gasteiger partial charge is 0.338 e. The van der Waals surface area contributed by atoms with Crippen molar-refractivity contribution in [2.24, 2.45) is 0 Å². The molecule has 1 aromatic heterocycles. The molecular formula is C13H18BrN5O. The highest BCUT2D eigenvalue weighted by atomic mass is 79.9. The van der Waals surface area contributed by atoms with Gasteiger partial charge in [-0.05, 0) is 35.3 Å². The van der Waals surface area contributed by atoms with Crippen molar-refractivity contribution in [3.63, 3.8) is 0 Å². The minimum atomic E-state index is 0.0329. The first-order valence-corrected chi connectivity index (χ1v) is 7.78. The van der Waals surface area contributed by atoms with Crippen molar-refractivity contribution in [2.75, 3.05) is 37.6 Å². The van der Waals surface area contributed by atoms with Crippen LogP contribution in [-0.4, -0.2) is 59.5 Å². The Hall–Kier alpha value is -1.21. The number of amides is 1. The maximum Gasteiger partial charge on any atom is 0.239 e. The molecule has 7 heteroatoms. The highest BCUT2D eigenvalue weighted by Gasteiger charge is 2.29. The van der Waals surface area contributed by atoms with Crippen LogP contribution in [0, 0.1) is 0 Å². The molecule has 0 spiro atoms. The van der Waals surface area contributed by atoms with Gasteiger partial charge in [-0.3, -0.25) is 4.79 Å². The zero-order chi connectivity index (χ0) is 13.9. The predicted molar refractivity (Wildman–Crippen MR) is 79.5 cm³/mol. The lowest BCUT2D eigenvalue weighted by Gasteiger charge is -2.35. The van der Waals surface area contributed by atoms with Crippen LogP contribution in [0.3, 0.4) is 0 Å². The number of anilines is 1. The Morgan fingerprint density at radius 1 is 1.25 bits per heavy atom. The van der Waals surface area contributed by atoms with E-state index in [2.05, 4.69) is 36.1 Å². The first-order chi connectivity index (χ1) is 9.74. The van der Waals surface area contributed by atoms with Crippen molar-refractivity contribution in [3.05, 3.63) is 16.9 Å². The van der Waals surface area contributed by atoms with E-state index in [-0.39, 0.29) is 11.9 Å². The SMILES string of the molecule is O=C(C1CCCN1)N1CCN(c2ncc(Br)cn2)CC1. The third kappa shape index (κ3) is 2.93. The van der Waals surface area contributed by atoms with E-state index in [9.17, 15) is 4.79 Å². The van der Waals surface area contributed by atoms with E-state index >= 15 is 0 Å². The number of piperazine rings is 1. The van der Waals surface area contributed by atoms with Gasteiger partial charge in [0, 0.05) is 38.6 Å². The van der Waals surface area contributed by atoms with Gasteiger partial charge in [0.25, 0.3) is 0 Å². The molecule has 0 bridgehead atoms. The Kier molecular flexibility index (Phi) is 4.16. The van der Waals surface area contributed by atoms with Gasteiger partial charge in [0.2, 0.25) is 11.9 Å². The minimum Gasteiger partial charge on any atom is -0.338 e. The smallest absolute Gasteiger partial charge is 0.239 e. The van der Waals surface area contributed by atoms with Crippen LogP contribution in [0.2, 0.25) is 0 Å². The van der Waals surface area contributed by atoms with Gasteiger partial charge in [0.15, 0.2) is 0 Å². The summed E-state index contributed by atoms with van der Waals surface area (Å²) in [4.78, 5) is 25.0. The number of rotatable bonds is 2. The fourth-order valence-electron chi connectivity index (χ4n) is 2.71. The topological polar surface area (TPSA) is 61.4 Å². The minimum absolute atomic E-state index is 0.0329. The quantitative estimate of drug-likeness (QED) is 0.856. The number of carbonyl (C=O) groups is 1. The average molecular weight is 340 g/mol. The number of halogens is 1. The molecule has 6 nitrogen and oxygen atoms in total. The summed E-state index contributed by atoms with van der Waals surface area (Å²) in [5.41, 5.74) is 0. The molecule has 2 fully saturated rings. The number of carbonyl (C=O) groups excluding carboxylic acids is 1. The van der Waals surface area contributed by atoms with E-state index in [0.717, 1.165) is 56.0 Å². The summed E-state index contributed by atoms with van der Waals surface area (Å²) in [7, 11) is 0. The number of hydrogen-bond donors (Lipinski definition) is 1. The highest BCUT2D eigenvalue weighted by Crippen LogP contribution is 2.15. The number of aromatic nitrogens is 2. The van der Waals surface area contributed by atoms with Crippen molar-refractivity contribution >= 4 is 27.8 Å². The Bertz CT molecular complexity index is 466. The summed E-state index contributed by atoms with van der Waals surface area (Å²) < 4.78 is 0.877. The van der Waals surface area contributed by atoms with Gasteiger partial charge in [-0.15, -0.1) is 0 Å². The molecule has 3 heterocycles. The summed E-state index contributed by atoms with van der Waals surface area (Å²) in [6.07, 6.45) is 5.57. The first kappa shape index (κ1) is 13.8. The molecule has 1 atom stereocenters. The monoisotopic (exact) mass is 339 g/mol. The predicted octanol–water partition coefficient (Wildman–Crippen LogP) is 0.640. The average Bonchev–Trinajstić information content (AvgIpc) is 3.02. The van der Waals surface area contributed by atoms with Gasteiger partial charge >= 0.3 is 0 Å². The third-order valence-corrected chi connectivity index (χ3v) is 4.25. The molecule has 1 aromatic rings. The molecule has 2 saturated heterocycles. The van der Waals surface area contributed by atoms with E-state index in [0.29, 0.717) is 0 Å². The van der Waals surface area contributed by atoms with E-state index in [1.54, 1.807) is 12.4 Å². The molecule has 20 heavy (non-hydrogen) atoms. The molecule has 3 rings (SSSR count). The zero-order valence-corrected chi connectivity index (χ0v) is 12.8. The van der Waals surface area contributed by atoms with Crippen molar-refractivity contribution in [2.45, 2.75) is 18.9 Å². The van der Waals surface area contributed by atoms with Gasteiger partial charge in [0.1, 0.15) is 0 Å². The van der Waals surface area contributed by atoms with Crippen LogP contribution in [0.15, 0.2) is 16.9 Å². The van der Waals surface area contributed by atoms with Gasteiger partial charge < -0.3 is 15.1 Å². The van der Waals surface area contributed by atoms with Crippen LogP contribution >= 0.6 is 15.9 Å². The standard InChI is InChI=1S/C13H18BrN5O/c14-10-8-16-13(17-9-10)19-6-4-18(5-7-19)12(20)11-2-1-3-15-11/h8-9,11,15H,1-7H2. The summed E-state index contributed by atoms with van der Waals surface area (Å²) in [6.45, 7) is 4.04. The molecule has 1 unspecified atom stereocenters. The molecule has 1 N–H and O–H groups in total. The molecule has 0 saturated carbocycles. The summed E-state index contributed by atoms with van der Waals surface area (Å²) in [5.74, 6) is 0.984. The molecular weight excluding hydrogens is 322 g/mol. The van der Waals surface area contributed by atoms with Crippen LogP contribution < -0.4 is 10.2 Å². The summed E-state index contributed by atoms with van der Waals surface area (Å²) in [5, 5.41) is 3.27. The Balaban J connectivity index is 1.56. The number of nitrogens with zero attached hydrogens (tertiary/aromatic N) is 4. The second kappa shape index (κ2) is 6.05. The molecule has 1 amide bonds. The van der Waals surface area contributed by atoms with Crippen LogP contribution in [0.25, 0.3) is 0 Å². The van der Waals surface area contributed by atoms with Crippen LogP contribution in [0.5, 0.6) is 0 Å². The van der Waals surface area contributed by atoms with E-state index in [4.69, 9.17) is 0 Å². The zero-order valence-electron chi connectivity index (χ0n) is 11.3. The maximum absolute atomic E-state index is 12.3. The van der Waals surface area contributed by atoms with Crippen molar-refractivity contribution in [1.29, 1.82) is 0 Å². The maximum atomic E-state index is 12.3. The molecule has 2 aliphatic heterocycles. The lowest BCUT2D eigenvalue weighted by atomic mass is 10.2. The fourth-order valence-corrected chi connectivity index (χ4v) is 2.92. The second-order valence-corrected chi connectivity index (χ2v) is 6.08. The normalized spacial score (nSPS) is 23.1. The molecule has 0 aliphatic carbocycles. The molecule has 0 aromatic carbocycles. The lowest BCUT2D eigenvalue weighted by Crippen LogP contribution is -2.53. The van der Waals surface area contributed by atoms with Gasteiger partial charge in [-0.2, -0.15) is 0 Å². The van der Waals surface area contributed by atoms with Crippen LogP contribution in [-0.2, 0) is 4.79 Å². The third-order valence-electron chi connectivity index (χ3n) is 3.84. The van der Waals surface area contributed by atoms with Crippen LogP contribution in [0.4, 0.5) is 5.95 Å². The number of nitrogens with one attached hydrogen (secondary N) is 1. The lowest BCUT2D eigenvalue weighted by molar-refractivity contribution is -0.133. The highest BCUT2D eigenvalue weighted by molar-refractivity contribution is 9.10. The Morgan fingerprint density at radius 3 is 2.55 bits per heavy atom. The van der Waals surface area contributed by atoms with Crippen molar-refractivity contribution < 1.29 is 4.79 Å². The molecule has 108 valence electrons. The second-order valence-electron chi connectivity index (χ2n) is 5.16. The molecule has 2 aliphatic rings. The van der Waals surface area contributed by atoms with E-state index < -0.39 is 0 Å². The molecule has 0 radical (unpaired) electrons. The van der Waals surface area contributed by atoms with E-state index in [1.165, 1.54) is 0 Å². The van der Waals surface area contributed by atoms with E-state index in [1.807, 2.05) is 4.90 Å². The van der Waals surface area contributed by atoms with Gasteiger partial charge in [0.05, 0.1) is 10.5 Å². The van der Waals surface area contributed by atoms with Crippen molar-refractivity contribution in [1.82, 2.24) is 20.2 Å². The Morgan fingerprint density at radius 2 is 1.95 bits per heavy atom. The Labute approximate surface area is 126 Å². The van der Waals surface area contributed by atoms with Gasteiger partial charge in [-0.25, -0.2) is 9.97 Å². The van der Waals surface area contributed by atoms with Gasteiger partial charge in [-0.1, -0.05) is 0 Å². The van der Waals surface area contributed by atoms with Crippen molar-refractivity contribution in [3.8, 4) is 0 Å². The summed E-state index contributed by atoms with van der Waals surface area (Å²) >= 11 is 3.33. The first-order valence-electron chi connectivity index (χ1n) is 6.99. The fraction of sp³-hybridized carbons (Fsp3) is 0.615. The van der Waals surface area contributed by atoms with Crippen LogP contribution in [0.1, 0.15) is 12.8 Å².